The number of benzene rings is 1. The summed E-state index contributed by atoms with van der Waals surface area (Å²) in [6.45, 7) is 0. The highest BCUT2D eigenvalue weighted by atomic mass is 19.4. The van der Waals surface area contributed by atoms with Crippen molar-refractivity contribution in [1.29, 1.82) is 0 Å². The smallest absolute Gasteiger partial charge is 0.306 e. The topological polar surface area (TPSA) is 17.3 Å². The lowest BCUT2D eigenvalue weighted by Crippen LogP contribution is -2.16. The normalized spacial score (nSPS) is 22.9. The fourth-order valence-electron chi connectivity index (χ4n) is 5.00. The van der Waals surface area contributed by atoms with Gasteiger partial charge in [0.1, 0.15) is 0 Å². The first kappa shape index (κ1) is 18.7. The van der Waals surface area contributed by atoms with Crippen molar-refractivity contribution < 1.29 is 13.2 Å². The van der Waals surface area contributed by atoms with Crippen LogP contribution in [0.2, 0.25) is 0 Å². The predicted octanol–water partition coefficient (Wildman–Crippen LogP) is 6.75. The number of halogens is 3. The van der Waals surface area contributed by atoms with Gasteiger partial charge in [0.25, 0.3) is 0 Å². The molecule has 0 spiro atoms. The number of imidazole rings is 1. The molecule has 0 atom stereocenters. The third-order valence-electron chi connectivity index (χ3n) is 6.80. The Morgan fingerprint density at radius 2 is 1.59 bits per heavy atom. The van der Waals surface area contributed by atoms with Gasteiger partial charge in [-0.3, -0.25) is 0 Å². The van der Waals surface area contributed by atoms with Gasteiger partial charge in [-0.05, 0) is 97.6 Å². The van der Waals surface area contributed by atoms with Gasteiger partial charge in [0.05, 0.1) is 23.6 Å². The molecule has 0 radical (unpaired) electrons. The summed E-state index contributed by atoms with van der Waals surface area (Å²) < 4.78 is 40.5. The largest absolute Gasteiger partial charge is 0.416 e. The van der Waals surface area contributed by atoms with Crippen LogP contribution < -0.4 is 0 Å². The van der Waals surface area contributed by atoms with Gasteiger partial charge in [-0.15, -0.1) is 0 Å². The Labute approximate surface area is 168 Å². The van der Waals surface area contributed by atoms with Crippen LogP contribution in [-0.4, -0.2) is 9.38 Å². The van der Waals surface area contributed by atoms with Gasteiger partial charge in [-0.1, -0.05) is 12.1 Å². The predicted molar refractivity (Wildman–Crippen MR) is 107 cm³/mol. The molecule has 152 valence electrons. The molecule has 5 heteroatoms. The first-order valence-electron chi connectivity index (χ1n) is 10.6. The van der Waals surface area contributed by atoms with Crippen LogP contribution in [0.5, 0.6) is 0 Å². The second-order valence-corrected chi connectivity index (χ2v) is 8.75. The fourth-order valence-corrected chi connectivity index (χ4v) is 5.00. The van der Waals surface area contributed by atoms with E-state index >= 15 is 0 Å². The Morgan fingerprint density at radius 1 is 0.897 bits per heavy atom. The Kier molecular flexibility index (Phi) is 4.64. The van der Waals surface area contributed by atoms with Crippen molar-refractivity contribution in [3.63, 3.8) is 0 Å². The summed E-state index contributed by atoms with van der Waals surface area (Å²) in [7, 11) is 0. The zero-order chi connectivity index (χ0) is 20.0. The number of pyridine rings is 1. The molecule has 1 aromatic carbocycles. The zero-order valence-corrected chi connectivity index (χ0v) is 16.3. The van der Waals surface area contributed by atoms with E-state index in [-0.39, 0.29) is 0 Å². The third-order valence-corrected chi connectivity index (χ3v) is 6.80. The highest BCUT2D eigenvalue weighted by molar-refractivity contribution is 5.58. The van der Waals surface area contributed by atoms with Crippen molar-refractivity contribution in [3.05, 3.63) is 71.3 Å². The van der Waals surface area contributed by atoms with E-state index < -0.39 is 11.7 Å². The maximum atomic E-state index is 12.8. The molecule has 2 heterocycles. The first-order valence-corrected chi connectivity index (χ1v) is 10.6. The monoisotopic (exact) mass is 398 g/mol. The number of alkyl halides is 3. The molecule has 2 aliphatic rings. The van der Waals surface area contributed by atoms with Crippen LogP contribution in [-0.2, 0) is 12.6 Å². The Bertz CT molecular complexity index is 991. The number of aromatic nitrogens is 2. The Balaban J connectivity index is 1.28. The molecule has 2 saturated carbocycles. The maximum absolute atomic E-state index is 12.8. The molecule has 29 heavy (non-hydrogen) atoms. The molecule has 0 saturated heterocycles. The SMILES string of the molecule is FC(F)(F)c1ccc(C2CCC(Cc3c(C4CC4)ccn4cncc34)CC2)cc1. The molecule has 3 aromatic rings. The van der Waals surface area contributed by atoms with E-state index in [1.807, 2.05) is 12.5 Å². The van der Waals surface area contributed by atoms with Crippen LogP contribution in [0, 0.1) is 5.92 Å². The molecule has 0 aliphatic heterocycles. The highest BCUT2D eigenvalue weighted by Gasteiger charge is 2.31. The van der Waals surface area contributed by atoms with E-state index in [1.165, 1.54) is 41.6 Å². The van der Waals surface area contributed by atoms with E-state index in [4.69, 9.17) is 0 Å². The van der Waals surface area contributed by atoms with Crippen LogP contribution in [0.25, 0.3) is 5.52 Å². The van der Waals surface area contributed by atoms with E-state index in [9.17, 15) is 13.2 Å². The molecule has 5 rings (SSSR count). The Hall–Kier alpha value is -2.30. The number of fused-ring (bicyclic) bond motifs is 1. The lowest BCUT2D eigenvalue weighted by molar-refractivity contribution is -0.137. The van der Waals surface area contributed by atoms with Crippen molar-refractivity contribution >= 4 is 5.52 Å². The molecule has 2 aliphatic carbocycles. The summed E-state index contributed by atoms with van der Waals surface area (Å²) >= 11 is 0. The zero-order valence-electron chi connectivity index (χ0n) is 16.3. The molecule has 0 N–H and O–H groups in total. The highest BCUT2D eigenvalue weighted by Crippen LogP contribution is 2.44. The molecule has 2 fully saturated rings. The molecule has 0 bridgehead atoms. The van der Waals surface area contributed by atoms with Crippen molar-refractivity contribution in [1.82, 2.24) is 9.38 Å². The minimum Gasteiger partial charge on any atom is -0.306 e. The summed E-state index contributed by atoms with van der Waals surface area (Å²) in [6, 6.07) is 8.07. The van der Waals surface area contributed by atoms with Gasteiger partial charge in [-0.2, -0.15) is 13.2 Å². The molecule has 0 unspecified atom stereocenters. The van der Waals surface area contributed by atoms with Gasteiger partial charge in [0.2, 0.25) is 0 Å². The number of rotatable bonds is 4. The fraction of sp³-hybridized carbons (Fsp3) is 0.458. The lowest BCUT2D eigenvalue weighted by Gasteiger charge is -2.29. The van der Waals surface area contributed by atoms with Crippen LogP contribution in [0.3, 0.4) is 0 Å². The first-order chi connectivity index (χ1) is 14.0. The van der Waals surface area contributed by atoms with Gasteiger partial charge in [0.15, 0.2) is 0 Å². The van der Waals surface area contributed by atoms with Crippen molar-refractivity contribution in [2.75, 3.05) is 0 Å². The summed E-state index contributed by atoms with van der Waals surface area (Å²) in [5, 5.41) is 0. The second kappa shape index (κ2) is 7.19. The van der Waals surface area contributed by atoms with Crippen molar-refractivity contribution in [2.45, 2.75) is 63.0 Å². The van der Waals surface area contributed by atoms with Crippen LogP contribution in [0.15, 0.2) is 49.1 Å². The van der Waals surface area contributed by atoms with E-state index in [1.54, 1.807) is 12.1 Å². The third kappa shape index (κ3) is 3.79. The van der Waals surface area contributed by atoms with Crippen LogP contribution in [0.1, 0.15) is 72.6 Å². The minimum absolute atomic E-state index is 0.377. The standard InChI is InChI=1S/C24H25F3N2/c25-24(26,27)20-9-7-18(8-10-20)17-3-1-16(2-4-17)13-22-21(19-5-6-19)11-12-29-15-28-14-23(22)29/h7-12,14-17,19H,1-6,13H2. The molecule has 2 nitrogen and oxygen atoms in total. The van der Waals surface area contributed by atoms with E-state index in [0.717, 1.165) is 37.7 Å². The molecule has 0 amide bonds. The number of hydrogen-bond acceptors (Lipinski definition) is 1. The molecular formula is C24H25F3N2. The summed E-state index contributed by atoms with van der Waals surface area (Å²) in [5.74, 6) is 1.73. The molecule has 2 aromatic heterocycles. The van der Waals surface area contributed by atoms with E-state index in [0.29, 0.717) is 17.8 Å². The number of hydrogen-bond donors (Lipinski definition) is 0. The summed E-state index contributed by atoms with van der Waals surface area (Å²) in [6.07, 6.45) is 9.75. The van der Waals surface area contributed by atoms with Crippen molar-refractivity contribution in [2.24, 2.45) is 5.92 Å². The van der Waals surface area contributed by atoms with Crippen LogP contribution >= 0.6 is 0 Å². The van der Waals surface area contributed by atoms with Gasteiger partial charge >= 0.3 is 6.18 Å². The summed E-state index contributed by atoms with van der Waals surface area (Å²) in [4.78, 5) is 4.33. The maximum Gasteiger partial charge on any atom is 0.416 e. The quantitative estimate of drug-likeness (QED) is 0.475. The van der Waals surface area contributed by atoms with Gasteiger partial charge < -0.3 is 4.40 Å². The van der Waals surface area contributed by atoms with Crippen LogP contribution in [0.4, 0.5) is 13.2 Å². The van der Waals surface area contributed by atoms with E-state index in [2.05, 4.69) is 21.6 Å². The van der Waals surface area contributed by atoms with Gasteiger partial charge in [0, 0.05) is 6.20 Å². The number of nitrogens with zero attached hydrogens (tertiary/aromatic N) is 2. The Morgan fingerprint density at radius 3 is 2.24 bits per heavy atom. The minimum atomic E-state index is -4.26. The molecular weight excluding hydrogens is 373 g/mol. The second-order valence-electron chi connectivity index (χ2n) is 8.75. The van der Waals surface area contributed by atoms with Gasteiger partial charge in [-0.25, -0.2) is 4.98 Å². The lowest BCUT2D eigenvalue weighted by atomic mass is 9.76. The van der Waals surface area contributed by atoms with Crippen molar-refractivity contribution in [3.8, 4) is 0 Å². The summed E-state index contributed by atoms with van der Waals surface area (Å²) in [5.41, 5.74) is 4.69. The average molecular weight is 398 g/mol. The average Bonchev–Trinajstić information content (AvgIpc) is 3.44.